The average Bonchev–Trinajstić information content (AvgIpc) is 3.71. The number of hydrogen-bond acceptors (Lipinski definition) is 6. The Morgan fingerprint density at radius 3 is 2.70 bits per heavy atom. The van der Waals surface area contributed by atoms with Gasteiger partial charge in [-0.3, -0.25) is 20.0 Å². The number of nitrogens with one attached hydrogen (secondary N) is 2. The first kappa shape index (κ1) is 24.3. The summed E-state index contributed by atoms with van der Waals surface area (Å²) < 4.78 is 20.0. The minimum absolute atomic E-state index is 0.114. The SMILES string of the molecule is Oc1cc(F)cc(-c2cccc3[nH]c(-c4n[nH]c5cnc(-c6cncc(OCCN7CCCC7)c6)cc45)cc23)c1. The Hall–Kier alpha value is -4.76. The summed E-state index contributed by atoms with van der Waals surface area (Å²) in [5.74, 6) is 0.116. The molecule has 0 saturated carbocycles. The lowest BCUT2D eigenvalue weighted by atomic mass is 10.0. The Balaban J connectivity index is 1.21. The average molecular weight is 535 g/mol. The van der Waals surface area contributed by atoms with Gasteiger partial charge in [-0.1, -0.05) is 12.1 Å². The quantitative estimate of drug-likeness (QED) is 0.227. The molecule has 1 aliphatic rings. The van der Waals surface area contributed by atoms with E-state index in [1.807, 2.05) is 36.4 Å². The van der Waals surface area contributed by atoms with Gasteiger partial charge in [-0.2, -0.15) is 5.10 Å². The lowest BCUT2D eigenvalue weighted by Crippen LogP contribution is -2.25. The number of ether oxygens (including phenoxy) is 1. The molecule has 5 heterocycles. The Morgan fingerprint density at radius 1 is 0.925 bits per heavy atom. The van der Waals surface area contributed by atoms with E-state index in [2.05, 4.69) is 30.0 Å². The zero-order chi connectivity index (χ0) is 27.1. The molecule has 0 radical (unpaired) electrons. The number of aromatic nitrogens is 5. The molecule has 0 atom stereocenters. The normalized spacial score (nSPS) is 13.9. The van der Waals surface area contributed by atoms with Gasteiger partial charge in [0.25, 0.3) is 0 Å². The largest absolute Gasteiger partial charge is 0.508 e. The van der Waals surface area contributed by atoms with E-state index in [0.717, 1.165) is 81.5 Å². The lowest BCUT2D eigenvalue weighted by molar-refractivity contribution is 0.237. The van der Waals surface area contributed by atoms with Crippen molar-refractivity contribution in [2.24, 2.45) is 0 Å². The topological polar surface area (TPSA) is 103 Å². The minimum Gasteiger partial charge on any atom is -0.508 e. The highest BCUT2D eigenvalue weighted by atomic mass is 19.1. The number of phenols is 1. The van der Waals surface area contributed by atoms with E-state index in [9.17, 15) is 9.50 Å². The van der Waals surface area contributed by atoms with E-state index in [4.69, 9.17) is 4.74 Å². The highest BCUT2D eigenvalue weighted by Crippen LogP contribution is 2.36. The van der Waals surface area contributed by atoms with Crippen molar-refractivity contribution >= 4 is 21.8 Å². The molecule has 200 valence electrons. The molecule has 40 heavy (non-hydrogen) atoms. The fourth-order valence-electron chi connectivity index (χ4n) is 5.48. The van der Waals surface area contributed by atoms with Crippen LogP contribution in [0.5, 0.6) is 11.5 Å². The Labute approximate surface area is 229 Å². The van der Waals surface area contributed by atoms with Crippen LogP contribution in [0, 0.1) is 5.82 Å². The van der Waals surface area contributed by atoms with Gasteiger partial charge in [-0.25, -0.2) is 4.39 Å². The first-order chi connectivity index (χ1) is 19.6. The van der Waals surface area contributed by atoms with Crippen LogP contribution >= 0.6 is 0 Å². The Bertz CT molecular complexity index is 1820. The van der Waals surface area contributed by atoms with Crippen LogP contribution in [0.2, 0.25) is 0 Å². The second-order valence-electron chi connectivity index (χ2n) is 10.1. The Kier molecular flexibility index (Phi) is 6.13. The maximum absolute atomic E-state index is 14.0. The molecule has 0 spiro atoms. The van der Waals surface area contributed by atoms with Gasteiger partial charge >= 0.3 is 0 Å². The summed E-state index contributed by atoms with van der Waals surface area (Å²) in [5, 5.41) is 19.4. The molecule has 7 rings (SSSR count). The van der Waals surface area contributed by atoms with Crippen LogP contribution in [0.3, 0.4) is 0 Å². The van der Waals surface area contributed by atoms with Crippen LogP contribution in [0.15, 0.2) is 73.2 Å². The molecule has 1 fully saturated rings. The number of phenolic OH excluding ortho intramolecular Hbond substituents is 1. The summed E-state index contributed by atoms with van der Waals surface area (Å²) in [4.78, 5) is 14.9. The van der Waals surface area contributed by atoms with Crippen LogP contribution in [0.1, 0.15) is 12.8 Å². The van der Waals surface area contributed by atoms with Crippen LogP contribution in [-0.2, 0) is 0 Å². The van der Waals surface area contributed by atoms with E-state index < -0.39 is 5.82 Å². The zero-order valence-corrected chi connectivity index (χ0v) is 21.7. The first-order valence-corrected chi connectivity index (χ1v) is 13.4. The number of likely N-dealkylation sites (tertiary alicyclic amines) is 1. The minimum atomic E-state index is -0.489. The smallest absolute Gasteiger partial charge is 0.138 e. The van der Waals surface area contributed by atoms with Gasteiger partial charge in [0.2, 0.25) is 0 Å². The number of H-pyrrole nitrogens is 2. The molecule has 0 amide bonds. The molecule has 0 aliphatic carbocycles. The molecule has 8 nitrogen and oxygen atoms in total. The van der Waals surface area contributed by atoms with Crippen LogP contribution in [0.4, 0.5) is 4.39 Å². The molecular formula is C31H27FN6O2. The fourth-order valence-corrected chi connectivity index (χ4v) is 5.48. The highest BCUT2D eigenvalue weighted by Gasteiger charge is 2.16. The van der Waals surface area contributed by atoms with E-state index in [-0.39, 0.29) is 5.75 Å². The predicted molar refractivity (Wildman–Crippen MR) is 153 cm³/mol. The summed E-state index contributed by atoms with van der Waals surface area (Å²) in [7, 11) is 0. The second-order valence-corrected chi connectivity index (χ2v) is 10.1. The lowest BCUT2D eigenvalue weighted by Gasteiger charge is -2.15. The number of halogens is 1. The van der Waals surface area contributed by atoms with Crippen LogP contribution in [0.25, 0.3) is 55.6 Å². The highest BCUT2D eigenvalue weighted by molar-refractivity contribution is 6.01. The number of nitrogens with zero attached hydrogens (tertiary/aromatic N) is 4. The van der Waals surface area contributed by atoms with E-state index in [0.29, 0.717) is 12.2 Å². The van der Waals surface area contributed by atoms with E-state index in [1.165, 1.54) is 18.9 Å². The molecule has 4 aromatic heterocycles. The van der Waals surface area contributed by atoms with Crippen molar-refractivity contribution in [2.75, 3.05) is 26.2 Å². The molecule has 9 heteroatoms. The number of fused-ring (bicyclic) bond motifs is 2. The van der Waals surface area contributed by atoms with E-state index in [1.54, 1.807) is 24.7 Å². The van der Waals surface area contributed by atoms with Crippen molar-refractivity contribution < 1.29 is 14.2 Å². The summed E-state index contributed by atoms with van der Waals surface area (Å²) in [6.07, 6.45) is 7.81. The van der Waals surface area contributed by atoms with Gasteiger partial charge in [-0.05, 0) is 73.5 Å². The van der Waals surface area contributed by atoms with Crippen molar-refractivity contribution in [3.8, 4) is 45.3 Å². The maximum atomic E-state index is 14.0. The van der Waals surface area contributed by atoms with Crippen molar-refractivity contribution in [1.82, 2.24) is 30.0 Å². The first-order valence-electron chi connectivity index (χ1n) is 13.4. The Morgan fingerprint density at radius 2 is 1.82 bits per heavy atom. The molecule has 0 bridgehead atoms. The second kappa shape index (κ2) is 10.1. The summed E-state index contributed by atoms with van der Waals surface area (Å²) >= 11 is 0. The van der Waals surface area contributed by atoms with Crippen molar-refractivity contribution in [3.63, 3.8) is 0 Å². The van der Waals surface area contributed by atoms with E-state index >= 15 is 0 Å². The standard InChI is InChI=1S/C31H27FN6O2/c32-21-10-19(11-22(39)13-21)24-4-3-5-27-25(24)14-29(35-27)31-26-15-28(34-18-30(26)36-37-31)20-12-23(17-33-16-20)40-9-8-38-6-1-2-7-38/h3-5,10-18,35,39H,1-2,6-9H2,(H,36,37). The fraction of sp³-hybridized carbons (Fsp3) is 0.194. The molecular weight excluding hydrogens is 507 g/mol. The van der Waals surface area contributed by atoms with Gasteiger partial charge in [0, 0.05) is 40.7 Å². The predicted octanol–water partition coefficient (Wildman–Crippen LogP) is 6.15. The van der Waals surface area contributed by atoms with Gasteiger partial charge in [0.1, 0.15) is 29.6 Å². The van der Waals surface area contributed by atoms with Crippen LogP contribution < -0.4 is 4.74 Å². The monoisotopic (exact) mass is 534 g/mol. The zero-order valence-electron chi connectivity index (χ0n) is 21.7. The third-order valence-electron chi connectivity index (χ3n) is 7.44. The van der Waals surface area contributed by atoms with Gasteiger partial charge in [0.05, 0.1) is 29.3 Å². The summed E-state index contributed by atoms with van der Waals surface area (Å²) in [5.41, 5.74) is 6.27. The molecule has 1 aliphatic heterocycles. The number of pyridine rings is 2. The number of benzene rings is 2. The number of hydrogen-bond donors (Lipinski definition) is 3. The van der Waals surface area contributed by atoms with Gasteiger partial charge < -0.3 is 14.8 Å². The van der Waals surface area contributed by atoms with Crippen molar-refractivity contribution in [2.45, 2.75) is 12.8 Å². The molecule has 6 aromatic rings. The van der Waals surface area contributed by atoms with Crippen LogP contribution in [-0.4, -0.2) is 61.4 Å². The molecule has 0 unspecified atom stereocenters. The maximum Gasteiger partial charge on any atom is 0.138 e. The number of rotatable bonds is 7. The summed E-state index contributed by atoms with van der Waals surface area (Å²) in [6.45, 7) is 3.83. The van der Waals surface area contributed by atoms with Crippen molar-refractivity contribution in [1.29, 1.82) is 0 Å². The molecule has 1 saturated heterocycles. The summed E-state index contributed by atoms with van der Waals surface area (Å²) in [6, 6.07) is 15.8. The molecule has 2 aromatic carbocycles. The van der Waals surface area contributed by atoms with Gasteiger partial charge in [-0.15, -0.1) is 0 Å². The number of aromatic amines is 2. The molecule has 3 N–H and O–H groups in total. The third-order valence-corrected chi connectivity index (χ3v) is 7.44. The number of aromatic hydroxyl groups is 1. The van der Waals surface area contributed by atoms with Gasteiger partial charge in [0.15, 0.2) is 0 Å². The van der Waals surface area contributed by atoms with Crippen molar-refractivity contribution in [3.05, 3.63) is 79.0 Å². The third kappa shape index (κ3) is 4.65.